The number of halogens is 2. The van der Waals surface area contributed by atoms with Crippen LogP contribution in [0.15, 0.2) is 63.4 Å². The van der Waals surface area contributed by atoms with E-state index in [1.54, 1.807) is 6.07 Å². The molecular weight excluding hydrogens is 346 g/mol. The summed E-state index contributed by atoms with van der Waals surface area (Å²) in [6, 6.07) is 16.1. The maximum atomic E-state index is 13.6. The van der Waals surface area contributed by atoms with Gasteiger partial charge in [-0.15, -0.1) is 0 Å². The Labute approximate surface area is 151 Å². The molecule has 2 heterocycles. The third-order valence-corrected chi connectivity index (χ3v) is 5.23. The van der Waals surface area contributed by atoms with Crippen molar-refractivity contribution in [2.24, 2.45) is 0 Å². The third-order valence-electron chi connectivity index (χ3n) is 5.23. The predicted octanol–water partition coefficient (Wildman–Crippen LogP) is 7.23. The first kappa shape index (κ1) is 14.7. The van der Waals surface area contributed by atoms with Gasteiger partial charge in [-0.3, -0.25) is 0 Å². The van der Waals surface area contributed by atoms with Crippen molar-refractivity contribution in [3.05, 3.63) is 71.8 Å². The average molecular weight is 358 g/mol. The summed E-state index contributed by atoms with van der Waals surface area (Å²) in [6.45, 7) is 2.02. The Morgan fingerprint density at radius 1 is 0.593 bits per heavy atom. The van der Waals surface area contributed by atoms with Gasteiger partial charge in [0.05, 0.1) is 0 Å². The fourth-order valence-electron chi connectivity index (χ4n) is 3.91. The van der Waals surface area contributed by atoms with E-state index in [9.17, 15) is 8.78 Å². The number of hydrogen-bond acceptors (Lipinski definition) is 2. The molecule has 4 heteroatoms. The largest absolute Gasteiger partial charge is 0.452 e. The summed E-state index contributed by atoms with van der Waals surface area (Å²) in [5, 5.41) is 4.98. The lowest BCUT2D eigenvalue weighted by Gasteiger charge is -1.99. The first-order valence-electron chi connectivity index (χ1n) is 8.65. The SMILES string of the molecule is Cc1ccc2c(c1)oc1c2ccc2c3cc4cc(F)c(F)cc4cc3oc21. The van der Waals surface area contributed by atoms with Gasteiger partial charge in [-0.2, -0.15) is 0 Å². The Morgan fingerprint density at radius 2 is 1.15 bits per heavy atom. The van der Waals surface area contributed by atoms with Crippen molar-refractivity contribution in [1.82, 2.24) is 0 Å². The molecular formula is C23H12F2O2. The molecule has 27 heavy (non-hydrogen) atoms. The number of furan rings is 2. The Bertz CT molecular complexity index is 1550. The zero-order valence-electron chi connectivity index (χ0n) is 14.3. The summed E-state index contributed by atoms with van der Waals surface area (Å²) in [6.07, 6.45) is 0. The molecule has 0 bridgehead atoms. The van der Waals surface area contributed by atoms with Crippen molar-refractivity contribution in [2.75, 3.05) is 0 Å². The van der Waals surface area contributed by atoms with E-state index >= 15 is 0 Å². The molecule has 0 aliphatic rings. The fourth-order valence-corrected chi connectivity index (χ4v) is 3.91. The zero-order valence-corrected chi connectivity index (χ0v) is 14.3. The number of fused-ring (bicyclic) bond motifs is 8. The van der Waals surface area contributed by atoms with Gasteiger partial charge in [0.25, 0.3) is 0 Å². The molecule has 130 valence electrons. The molecule has 2 nitrogen and oxygen atoms in total. The van der Waals surface area contributed by atoms with Crippen molar-refractivity contribution >= 4 is 54.6 Å². The van der Waals surface area contributed by atoms with E-state index in [1.807, 2.05) is 37.3 Å². The Morgan fingerprint density at radius 3 is 1.85 bits per heavy atom. The highest BCUT2D eigenvalue weighted by molar-refractivity contribution is 6.20. The Balaban J connectivity index is 1.78. The minimum absolute atomic E-state index is 0.594. The van der Waals surface area contributed by atoms with E-state index in [-0.39, 0.29) is 0 Å². The van der Waals surface area contributed by atoms with Crippen LogP contribution in [0.2, 0.25) is 0 Å². The lowest BCUT2D eigenvalue weighted by Crippen LogP contribution is -1.83. The van der Waals surface area contributed by atoms with E-state index < -0.39 is 11.6 Å². The second-order valence-corrected chi connectivity index (χ2v) is 6.98. The van der Waals surface area contributed by atoms with Crippen LogP contribution in [0.4, 0.5) is 8.78 Å². The molecule has 0 aliphatic heterocycles. The van der Waals surface area contributed by atoms with Crippen LogP contribution in [0, 0.1) is 18.6 Å². The van der Waals surface area contributed by atoms with E-state index in [4.69, 9.17) is 8.83 Å². The second-order valence-electron chi connectivity index (χ2n) is 6.98. The van der Waals surface area contributed by atoms with Crippen LogP contribution in [0.25, 0.3) is 54.6 Å². The lowest BCUT2D eigenvalue weighted by molar-refractivity contribution is 0.511. The summed E-state index contributed by atoms with van der Waals surface area (Å²) >= 11 is 0. The van der Waals surface area contributed by atoms with Crippen molar-refractivity contribution in [2.45, 2.75) is 6.92 Å². The summed E-state index contributed by atoms with van der Waals surface area (Å²) in [5.74, 6) is -1.72. The molecule has 0 radical (unpaired) electrons. The van der Waals surface area contributed by atoms with Gasteiger partial charge in [-0.25, -0.2) is 8.78 Å². The molecule has 0 saturated heterocycles. The number of hydrogen-bond donors (Lipinski definition) is 0. The molecule has 2 aromatic heterocycles. The van der Waals surface area contributed by atoms with E-state index in [1.165, 1.54) is 12.1 Å². The summed E-state index contributed by atoms with van der Waals surface area (Å²) in [5.41, 5.74) is 3.89. The molecule has 0 amide bonds. The van der Waals surface area contributed by atoms with Gasteiger partial charge in [0.1, 0.15) is 11.2 Å². The van der Waals surface area contributed by atoms with Crippen LogP contribution in [0.5, 0.6) is 0 Å². The smallest absolute Gasteiger partial charge is 0.178 e. The van der Waals surface area contributed by atoms with Crippen LogP contribution < -0.4 is 0 Å². The molecule has 0 saturated carbocycles. The highest BCUT2D eigenvalue weighted by Gasteiger charge is 2.17. The van der Waals surface area contributed by atoms with Gasteiger partial charge in [0, 0.05) is 21.5 Å². The van der Waals surface area contributed by atoms with Gasteiger partial charge in [0.2, 0.25) is 0 Å². The lowest BCUT2D eigenvalue weighted by atomic mass is 10.0. The predicted molar refractivity (Wildman–Crippen MR) is 103 cm³/mol. The van der Waals surface area contributed by atoms with Crippen LogP contribution in [0.1, 0.15) is 5.56 Å². The maximum Gasteiger partial charge on any atom is 0.178 e. The molecule has 4 aromatic carbocycles. The van der Waals surface area contributed by atoms with Crippen molar-refractivity contribution in [3.8, 4) is 0 Å². The third kappa shape index (κ3) is 1.92. The molecule has 0 aliphatic carbocycles. The van der Waals surface area contributed by atoms with Crippen molar-refractivity contribution < 1.29 is 17.6 Å². The second kappa shape index (κ2) is 4.86. The van der Waals surface area contributed by atoms with Gasteiger partial charge < -0.3 is 8.83 Å². The summed E-state index contributed by atoms with van der Waals surface area (Å²) in [4.78, 5) is 0. The van der Waals surface area contributed by atoms with Gasteiger partial charge >= 0.3 is 0 Å². The van der Waals surface area contributed by atoms with E-state index in [0.717, 1.165) is 32.7 Å². The number of rotatable bonds is 0. The summed E-state index contributed by atoms with van der Waals surface area (Å²) in [7, 11) is 0. The zero-order chi connectivity index (χ0) is 18.3. The van der Waals surface area contributed by atoms with Crippen molar-refractivity contribution in [1.29, 1.82) is 0 Å². The van der Waals surface area contributed by atoms with Gasteiger partial charge in [-0.05, 0) is 65.7 Å². The molecule has 0 unspecified atom stereocenters. The minimum Gasteiger partial charge on any atom is -0.452 e. The number of aryl methyl sites for hydroxylation is 1. The average Bonchev–Trinajstić information content (AvgIpc) is 3.18. The molecule has 0 fully saturated rings. The highest BCUT2D eigenvalue weighted by Crippen LogP contribution is 2.39. The minimum atomic E-state index is -0.868. The van der Waals surface area contributed by atoms with E-state index in [0.29, 0.717) is 27.5 Å². The monoisotopic (exact) mass is 358 g/mol. The van der Waals surface area contributed by atoms with Crippen molar-refractivity contribution in [3.63, 3.8) is 0 Å². The van der Waals surface area contributed by atoms with Crippen LogP contribution in [-0.2, 0) is 0 Å². The summed E-state index contributed by atoms with van der Waals surface area (Å²) < 4.78 is 39.4. The topological polar surface area (TPSA) is 26.3 Å². The highest BCUT2D eigenvalue weighted by atomic mass is 19.2. The first-order chi connectivity index (χ1) is 13.1. The number of benzene rings is 4. The molecule has 6 rings (SSSR count). The first-order valence-corrected chi connectivity index (χ1v) is 8.65. The Hall–Kier alpha value is -3.40. The quantitative estimate of drug-likeness (QED) is 0.286. The molecule has 0 N–H and O–H groups in total. The van der Waals surface area contributed by atoms with Crippen LogP contribution >= 0.6 is 0 Å². The van der Waals surface area contributed by atoms with Crippen LogP contribution in [0.3, 0.4) is 0 Å². The molecule has 0 spiro atoms. The Kier molecular flexibility index (Phi) is 2.65. The fraction of sp³-hybridized carbons (Fsp3) is 0.0435. The maximum absolute atomic E-state index is 13.6. The molecule has 6 aromatic rings. The standard InChI is InChI=1S/C23H12F2O2/c1-11-2-3-14-15-4-5-16-17-7-12-8-18(24)19(25)9-13(12)10-21(17)27-23(16)22(15)26-20(14)6-11/h2-10H,1H3. The van der Waals surface area contributed by atoms with Crippen LogP contribution in [-0.4, -0.2) is 0 Å². The van der Waals surface area contributed by atoms with Gasteiger partial charge in [-0.1, -0.05) is 12.1 Å². The molecule has 0 atom stereocenters. The normalized spacial score (nSPS) is 12.3. The van der Waals surface area contributed by atoms with Gasteiger partial charge in [0.15, 0.2) is 22.8 Å². The van der Waals surface area contributed by atoms with E-state index in [2.05, 4.69) is 6.07 Å².